The van der Waals surface area contributed by atoms with Crippen molar-refractivity contribution >= 4 is 5.91 Å². The number of amides is 1. The van der Waals surface area contributed by atoms with Gasteiger partial charge >= 0.3 is 0 Å². The molecule has 1 N–H and O–H groups in total. The lowest BCUT2D eigenvalue weighted by Crippen LogP contribution is -2.48. The summed E-state index contributed by atoms with van der Waals surface area (Å²) in [6.45, 7) is 2.38. The van der Waals surface area contributed by atoms with E-state index in [-0.39, 0.29) is 17.7 Å². The molecule has 1 fully saturated rings. The SMILES string of the molecule is CC(O)C1CCCCN1C(=O)c1cc(-c2ccccc2)no1. The molecule has 1 aromatic heterocycles. The number of nitrogens with zero attached hydrogens (tertiary/aromatic N) is 2. The Balaban J connectivity index is 1.82. The third-order valence-corrected chi connectivity index (χ3v) is 4.16. The van der Waals surface area contributed by atoms with Gasteiger partial charge in [0.05, 0.1) is 12.1 Å². The van der Waals surface area contributed by atoms with Crippen molar-refractivity contribution in [3.05, 3.63) is 42.2 Å². The van der Waals surface area contributed by atoms with Crippen LogP contribution in [0.2, 0.25) is 0 Å². The quantitative estimate of drug-likeness (QED) is 0.946. The molecule has 0 radical (unpaired) electrons. The van der Waals surface area contributed by atoms with Crippen LogP contribution in [0.1, 0.15) is 36.7 Å². The Kier molecular flexibility index (Phi) is 4.24. The molecule has 2 heterocycles. The molecule has 2 aromatic rings. The number of piperidine rings is 1. The summed E-state index contributed by atoms with van der Waals surface area (Å²) in [7, 11) is 0. The van der Waals surface area contributed by atoms with E-state index in [1.165, 1.54) is 0 Å². The Morgan fingerprint density at radius 3 is 2.86 bits per heavy atom. The number of benzene rings is 1. The van der Waals surface area contributed by atoms with Gasteiger partial charge in [0.2, 0.25) is 5.76 Å². The first kappa shape index (κ1) is 14.8. The Bertz CT molecular complexity index is 636. The fourth-order valence-corrected chi connectivity index (χ4v) is 2.97. The van der Waals surface area contributed by atoms with Gasteiger partial charge in [0.1, 0.15) is 5.69 Å². The summed E-state index contributed by atoms with van der Waals surface area (Å²) in [5.41, 5.74) is 1.56. The maximum atomic E-state index is 12.6. The van der Waals surface area contributed by atoms with Crippen molar-refractivity contribution in [2.24, 2.45) is 0 Å². The van der Waals surface area contributed by atoms with E-state index >= 15 is 0 Å². The molecule has 22 heavy (non-hydrogen) atoms. The maximum Gasteiger partial charge on any atom is 0.292 e. The van der Waals surface area contributed by atoms with Crippen LogP contribution < -0.4 is 0 Å². The zero-order chi connectivity index (χ0) is 15.5. The minimum absolute atomic E-state index is 0.147. The molecule has 5 heteroatoms. The van der Waals surface area contributed by atoms with Crippen LogP contribution in [0.3, 0.4) is 0 Å². The van der Waals surface area contributed by atoms with Gasteiger partial charge in [-0.05, 0) is 26.2 Å². The highest BCUT2D eigenvalue weighted by molar-refractivity contribution is 5.92. The molecule has 0 spiro atoms. The number of carbonyl (C=O) groups is 1. The van der Waals surface area contributed by atoms with E-state index in [0.717, 1.165) is 24.8 Å². The van der Waals surface area contributed by atoms with E-state index in [9.17, 15) is 9.90 Å². The van der Waals surface area contributed by atoms with E-state index < -0.39 is 6.10 Å². The van der Waals surface area contributed by atoms with E-state index in [1.807, 2.05) is 30.3 Å². The fraction of sp³-hybridized carbons (Fsp3) is 0.412. The Morgan fingerprint density at radius 2 is 2.14 bits per heavy atom. The van der Waals surface area contributed by atoms with Crippen molar-refractivity contribution in [2.45, 2.75) is 38.3 Å². The standard InChI is InChI=1S/C17H20N2O3/c1-12(20)15-9-5-6-10-19(15)17(21)16-11-14(18-22-16)13-7-3-2-4-8-13/h2-4,7-8,11-12,15,20H,5-6,9-10H2,1H3. The average molecular weight is 300 g/mol. The minimum Gasteiger partial charge on any atom is -0.391 e. The topological polar surface area (TPSA) is 66.6 Å². The van der Waals surface area contributed by atoms with Crippen molar-refractivity contribution in [3.8, 4) is 11.3 Å². The highest BCUT2D eigenvalue weighted by Gasteiger charge is 2.32. The van der Waals surface area contributed by atoms with Crippen molar-refractivity contribution in [2.75, 3.05) is 6.54 Å². The van der Waals surface area contributed by atoms with Crippen LogP contribution in [-0.4, -0.2) is 39.8 Å². The lowest BCUT2D eigenvalue weighted by Gasteiger charge is -2.36. The van der Waals surface area contributed by atoms with Crippen LogP contribution in [0.25, 0.3) is 11.3 Å². The van der Waals surface area contributed by atoms with E-state index in [4.69, 9.17) is 4.52 Å². The number of likely N-dealkylation sites (tertiary alicyclic amines) is 1. The van der Waals surface area contributed by atoms with E-state index in [1.54, 1.807) is 17.9 Å². The van der Waals surface area contributed by atoms with Crippen molar-refractivity contribution < 1.29 is 14.4 Å². The number of aromatic nitrogens is 1. The largest absolute Gasteiger partial charge is 0.391 e. The molecule has 1 saturated heterocycles. The van der Waals surface area contributed by atoms with E-state index in [2.05, 4.69) is 5.16 Å². The van der Waals surface area contributed by atoms with Crippen molar-refractivity contribution in [3.63, 3.8) is 0 Å². The lowest BCUT2D eigenvalue weighted by atomic mass is 9.98. The van der Waals surface area contributed by atoms with Crippen LogP contribution in [0.4, 0.5) is 0 Å². The molecule has 0 saturated carbocycles. The molecular formula is C17H20N2O3. The van der Waals surface area contributed by atoms with Gasteiger partial charge in [-0.15, -0.1) is 0 Å². The Hall–Kier alpha value is -2.14. The first-order valence-corrected chi connectivity index (χ1v) is 7.68. The van der Waals surface area contributed by atoms with Crippen LogP contribution in [0.15, 0.2) is 40.9 Å². The fourth-order valence-electron chi connectivity index (χ4n) is 2.97. The molecule has 5 nitrogen and oxygen atoms in total. The van der Waals surface area contributed by atoms with Crippen LogP contribution in [0, 0.1) is 0 Å². The summed E-state index contributed by atoms with van der Waals surface area (Å²) in [5, 5.41) is 13.9. The van der Waals surface area contributed by atoms with E-state index in [0.29, 0.717) is 12.2 Å². The normalized spacial score (nSPS) is 19.9. The van der Waals surface area contributed by atoms with Gasteiger partial charge < -0.3 is 14.5 Å². The van der Waals surface area contributed by atoms with Crippen LogP contribution >= 0.6 is 0 Å². The predicted molar refractivity (Wildman–Crippen MR) is 82.3 cm³/mol. The summed E-state index contributed by atoms with van der Waals surface area (Å²) >= 11 is 0. The molecule has 0 bridgehead atoms. The number of carbonyl (C=O) groups excluding carboxylic acids is 1. The second kappa shape index (κ2) is 6.32. The number of hydrogen-bond acceptors (Lipinski definition) is 4. The molecule has 1 aliphatic heterocycles. The summed E-state index contributed by atoms with van der Waals surface area (Å²) in [5.74, 6) is 0.0340. The summed E-state index contributed by atoms with van der Waals surface area (Å²) < 4.78 is 5.24. The van der Waals surface area contributed by atoms with Crippen LogP contribution in [-0.2, 0) is 0 Å². The molecule has 2 atom stereocenters. The highest BCUT2D eigenvalue weighted by atomic mass is 16.5. The van der Waals surface area contributed by atoms with Crippen LogP contribution in [0.5, 0.6) is 0 Å². The third-order valence-electron chi connectivity index (χ3n) is 4.16. The first-order chi connectivity index (χ1) is 10.7. The van der Waals surface area contributed by atoms with Gasteiger partial charge in [0, 0.05) is 18.2 Å². The highest BCUT2D eigenvalue weighted by Crippen LogP contribution is 2.24. The van der Waals surface area contributed by atoms with Crippen molar-refractivity contribution in [1.82, 2.24) is 10.1 Å². The summed E-state index contributed by atoms with van der Waals surface area (Å²) in [6.07, 6.45) is 2.27. The molecule has 0 aliphatic carbocycles. The molecule has 2 unspecified atom stereocenters. The summed E-state index contributed by atoms with van der Waals surface area (Å²) in [6, 6.07) is 11.1. The van der Waals surface area contributed by atoms with Gasteiger partial charge in [-0.25, -0.2) is 0 Å². The smallest absolute Gasteiger partial charge is 0.292 e. The maximum absolute atomic E-state index is 12.6. The zero-order valence-corrected chi connectivity index (χ0v) is 12.6. The molecule has 1 aromatic carbocycles. The third kappa shape index (κ3) is 2.90. The van der Waals surface area contributed by atoms with Gasteiger partial charge in [0.15, 0.2) is 0 Å². The van der Waals surface area contributed by atoms with Gasteiger partial charge in [-0.3, -0.25) is 4.79 Å². The second-order valence-electron chi connectivity index (χ2n) is 5.74. The van der Waals surface area contributed by atoms with Gasteiger partial charge in [-0.2, -0.15) is 0 Å². The predicted octanol–water partition coefficient (Wildman–Crippen LogP) is 2.72. The minimum atomic E-state index is -0.541. The Labute approximate surface area is 129 Å². The molecule has 1 aliphatic rings. The van der Waals surface area contributed by atoms with Gasteiger partial charge in [0.25, 0.3) is 5.91 Å². The number of hydrogen-bond donors (Lipinski definition) is 1. The molecule has 1 amide bonds. The lowest BCUT2D eigenvalue weighted by molar-refractivity contribution is 0.0252. The molecular weight excluding hydrogens is 280 g/mol. The average Bonchev–Trinajstić information content (AvgIpc) is 3.05. The number of aliphatic hydroxyl groups is 1. The first-order valence-electron chi connectivity index (χ1n) is 7.68. The second-order valence-corrected chi connectivity index (χ2v) is 5.74. The zero-order valence-electron chi connectivity index (χ0n) is 12.6. The number of aliphatic hydroxyl groups excluding tert-OH is 1. The molecule has 3 rings (SSSR count). The van der Waals surface area contributed by atoms with Crippen molar-refractivity contribution in [1.29, 1.82) is 0 Å². The molecule has 116 valence electrons. The summed E-state index contributed by atoms with van der Waals surface area (Å²) in [4.78, 5) is 14.4. The Morgan fingerprint density at radius 1 is 1.36 bits per heavy atom. The number of rotatable bonds is 3. The van der Waals surface area contributed by atoms with Gasteiger partial charge in [-0.1, -0.05) is 35.5 Å². The monoisotopic (exact) mass is 300 g/mol.